The van der Waals surface area contributed by atoms with E-state index in [2.05, 4.69) is 15.1 Å². The minimum absolute atomic E-state index is 0.595. The van der Waals surface area contributed by atoms with Crippen LogP contribution in [0.2, 0.25) is 0 Å². The highest BCUT2D eigenvalue weighted by Crippen LogP contribution is 2.22. The van der Waals surface area contributed by atoms with Crippen LogP contribution in [0.5, 0.6) is 5.88 Å². The number of piperidine rings is 1. The molecule has 2 rings (SSSR count). The van der Waals surface area contributed by atoms with Gasteiger partial charge in [-0.1, -0.05) is 0 Å². The van der Waals surface area contributed by atoms with Crippen LogP contribution in [-0.4, -0.2) is 43.1 Å². The van der Waals surface area contributed by atoms with Gasteiger partial charge in [0, 0.05) is 32.4 Å². The van der Waals surface area contributed by atoms with Gasteiger partial charge in [0.05, 0.1) is 6.61 Å². The van der Waals surface area contributed by atoms with Crippen molar-refractivity contribution in [2.75, 3.05) is 37.8 Å². The van der Waals surface area contributed by atoms with Gasteiger partial charge in [0.2, 0.25) is 5.88 Å². The SMILES string of the molecule is CCOCC1CCN(c2ccc(OCC)nn2)CC1. The summed E-state index contributed by atoms with van der Waals surface area (Å²) in [4.78, 5) is 2.28. The van der Waals surface area contributed by atoms with Gasteiger partial charge in [-0.2, -0.15) is 0 Å². The predicted octanol–water partition coefficient (Wildman–Crippen LogP) is 2.13. The van der Waals surface area contributed by atoms with Crippen LogP contribution in [0.3, 0.4) is 0 Å². The molecule has 1 saturated heterocycles. The molecule has 1 aliphatic heterocycles. The van der Waals surface area contributed by atoms with Crippen molar-refractivity contribution in [2.24, 2.45) is 5.92 Å². The number of anilines is 1. The van der Waals surface area contributed by atoms with Crippen molar-refractivity contribution in [3.05, 3.63) is 12.1 Å². The predicted molar refractivity (Wildman–Crippen MR) is 74.6 cm³/mol. The van der Waals surface area contributed by atoms with Gasteiger partial charge in [0.1, 0.15) is 0 Å². The Labute approximate surface area is 114 Å². The van der Waals surface area contributed by atoms with Crippen molar-refractivity contribution in [1.82, 2.24) is 10.2 Å². The molecule has 2 heterocycles. The van der Waals surface area contributed by atoms with Gasteiger partial charge in [-0.05, 0) is 38.7 Å². The first kappa shape index (κ1) is 14.1. The van der Waals surface area contributed by atoms with E-state index in [1.54, 1.807) is 0 Å². The fraction of sp³-hybridized carbons (Fsp3) is 0.714. The average Bonchev–Trinajstić information content (AvgIpc) is 2.47. The van der Waals surface area contributed by atoms with Gasteiger partial charge in [-0.15, -0.1) is 10.2 Å². The molecule has 0 bridgehead atoms. The second-order valence-corrected chi connectivity index (χ2v) is 4.75. The molecular formula is C14H23N3O2. The maximum Gasteiger partial charge on any atom is 0.233 e. The van der Waals surface area contributed by atoms with Gasteiger partial charge in [-0.3, -0.25) is 0 Å². The minimum Gasteiger partial charge on any atom is -0.477 e. The van der Waals surface area contributed by atoms with E-state index in [1.807, 2.05) is 26.0 Å². The molecule has 1 aromatic heterocycles. The molecule has 0 aromatic carbocycles. The Bertz CT molecular complexity index is 361. The average molecular weight is 265 g/mol. The van der Waals surface area contributed by atoms with E-state index in [1.165, 1.54) is 0 Å². The van der Waals surface area contributed by atoms with Crippen LogP contribution in [0.25, 0.3) is 0 Å². The molecule has 0 saturated carbocycles. The number of aromatic nitrogens is 2. The fourth-order valence-corrected chi connectivity index (χ4v) is 2.32. The topological polar surface area (TPSA) is 47.5 Å². The lowest BCUT2D eigenvalue weighted by molar-refractivity contribution is 0.100. The fourth-order valence-electron chi connectivity index (χ4n) is 2.32. The summed E-state index contributed by atoms with van der Waals surface area (Å²) < 4.78 is 10.8. The second-order valence-electron chi connectivity index (χ2n) is 4.75. The molecule has 0 spiro atoms. The maximum atomic E-state index is 5.49. The van der Waals surface area contributed by atoms with Crippen LogP contribution in [0.4, 0.5) is 5.82 Å². The zero-order chi connectivity index (χ0) is 13.5. The van der Waals surface area contributed by atoms with Crippen molar-refractivity contribution in [3.8, 4) is 5.88 Å². The monoisotopic (exact) mass is 265 g/mol. The largest absolute Gasteiger partial charge is 0.477 e. The summed E-state index contributed by atoms with van der Waals surface area (Å²) in [5.74, 6) is 2.22. The molecule has 0 radical (unpaired) electrons. The Morgan fingerprint density at radius 1 is 1.16 bits per heavy atom. The third-order valence-electron chi connectivity index (χ3n) is 3.41. The minimum atomic E-state index is 0.595. The smallest absolute Gasteiger partial charge is 0.233 e. The summed E-state index contributed by atoms with van der Waals surface area (Å²) in [5, 5.41) is 8.30. The lowest BCUT2D eigenvalue weighted by Crippen LogP contribution is -2.35. The molecule has 5 nitrogen and oxygen atoms in total. The van der Waals surface area contributed by atoms with E-state index < -0.39 is 0 Å². The molecule has 106 valence electrons. The zero-order valence-corrected chi connectivity index (χ0v) is 11.8. The Kier molecular flexibility index (Phi) is 5.39. The molecule has 1 fully saturated rings. The van der Waals surface area contributed by atoms with Crippen LogP contribution in [0.15, 0.2) is 12.1 Å². The second kappa shape index (κ2) is 7.28. The summed E-state index contributed by atoms with van der Waals surface area (Å²) in [6, 6.07) is 3.87. The third-order valence-corrected chi connectivity index (χ3v) is 3.41. The number of rotatable bonds is 6. The molecule has 5 heteroatoms. The summed E-state index contributed by atoms with van der Waals surface area (Å²) in [5.41, 5.74) is 0. The zero-order valence-electron chi connectivity index (χ0n) is 11.8. The van der Waals surface area contributed by atoms with Gasteiger partial charge < -0.3 is 14.4 Å². The van der Waals surface area contributed by atoms with Crippen LogP contribution in [0, 0.1) is 5.92 Å². The van der Waals surface area contributed by atoms with Crippen LogP contribution < -0.4 is 9.64 Å². The van der Waals surface area contributed by atoms with Crippen molar-refractivity contribution < 1.29 is 9.47 Å². The summed E-state index contributed by atoms with van der Waals surface area (Å²) in [6.45, 7) is 8.37. The molecule has 0 unspecified atom stereocenters. The van der Waals surface area contributed by atoms with Crippen LogP contribution in [-0.2, 0) is 4.74 Å². The van der Waals surface area contributed by atoms with Crippen LogP contribution >= 0.6 is 0 Å². The van der Waals surface area contributed by atoms with Crippen LogP contribution in [0.1, 0.15) is 26.7 Å². The Morgan fingerprint density at radius 2 is 1.95 bits per heavy atom. The van der Waals surface area contributed by atoms with E-state index in [4.69, 9.17) is 9.47 Å². The lowest BCUT2D eigenvalue weighted by atomic mass is 9.98. The van der Waals surface area contributed by atoms with E-state index in [-0.39, 0.29) is 0 Å². The Morgan fingerprint density at radius 3 is 2.53 bits per heavy atom. The highest BCUT2D eigenvalue weighted by molar-refractivity contribution is 5.38. The highest BCUT2D eigenvalue weighted by Gasteiger charge is 2.20. The summed E-state index contributed by atoms with van der Waals surface area (Å²) in [7, 11) is 0. The maximum absolute atomic E-state index is 5.49. The first-order valence-electron chi connectivity index (χ1n) is 7.12. The number of hydrogen-bond donors (Lipinski definition) is 0. The molecule has 0 atom stereocenters. The van der Waals surface area contributed by atoms with Gasteiger partial charge in [-0.25, -0.2) is 0 Å². The number of nitrogens with zero attached hydrogens (tertiary/aromatic N) is 3. The molecule has 1 aromatic rings. The van der Waals surface area contributed by atoms with E-state index in [0.717, 1.165) is 45.0 Å². The molecule has 0 N–H and O–H groups in total. The van der Waals surface area contributed by atoms with Gasteiger partial charge >= 0.3 is 0 Å². The van der Waals surface area contributed by atoms with Crippen molar-refractivity contribution in [1.29, 1.82) is 0 Å². The summed E-state index contributed by atoms with van der Waals surface area (Å²) >= 11 is 0. The quantitative estimate of drug-likeness (QED) is 0.788. The standard InChI is InChI=1S/C14H23N3O2/c1-3-18-11-12-7-9-17(10-8-12)13-5-6-14(16-15-13)19-4-2/h5-6,12H,3-4,7-11H2,1-2H3. The molecule has 0 amide bonds. The molecular weight excluding hydrogens is 242 g/mol. The molecule has 0 aliphatic carbocycles. The number of ether oxygens (including phenoxy) is 2. The first-order valence-corrected chi connectivity index (χ1v) is 7.12. The molecule has 19 heavy (non-hydrogen) atoms. The normalized spacial score (nSPS) is 16.6. The first-order chi connectivity index (χ1) is 9.33. The van der Waals surface area contributed by atoms with Crippen molar-refractivity contribution >= 4 is 5.82 Å². The Balaban J connectivity index is 1.83. The third kappa shape index (κ3) is 4.06. The lowest BCUT2D eigenvalue weighted by Gasteiger charge is -2.32. The van der Waals surface area contributed by atoms with Gasteiger partial charge in [0.25, 0.3) is 0 Å². The van der Waals surface area contributed by atoms with E-state index >= 15 is 0 Å². The van der Waals surface area contributed by atoms with Gasteiger partial charge in [0.15, 0.2) is 5.82 Å². The highest BCUT2D eigenvalue weighted by atomic mass is 16.5. The van der Waals surface area contributed by atoms with Crippen molar-refractivity contribution in [2.45, 2.75) is 26.7 Å². The summed E-state index contributed by atoms with van der Waals surface area (Å²) in [6.07, 6.45) is 2.32. The van der Waals surface area contributed by atoms with E-state index in [0.29, 0.717) is 18.4 Å². The van der Waals surface area contributed by atoms with E-state index in [9.17, 15) is 0 Å². The Hall–Kier alpha value is -1.36. The molecule has 1 aliphatic rings. The number of hydrogen-bond acceptors (Lipinski definition) is 5. The van der Waals surface area contributed by atoms with Crippen molar-refractivity contribution in [3.63, 3.8) is 0 Å².